The van der Waals surface area contributed by atoms with Crippen molar-refractivity contribution in [3.8, 4) is 0 Å². The molecule has 0 heterocycles. The van der Waals surface area contributed by atoms with Gasteiger partial charge in [0.05, 0.1) is 0 Å². The Morgan fingerprint density at radius 2 is 1.67 bits per heavy atom. The number of rotatable bonds is 1. The van der Waals surface area contributed by atoms with E-state index in [0.717, 1.165) is 0 Å². The van der Waals surface area contributed by atoms with E-state index in [1.54, 1.807) is 0 Å². The van der Waals surface area contributed by atoms with Crippen LogP contribution in [0.5, 0.6) is 0 Å². The molecule has 0 rings (SSSR count). The van der Waals surface area contributed by atoms with Crippen molar-refractivity contribution in [3.63, 3.8) is 0 Å². The molecule has 0 aromatic carbocycles. The first kappa shape index (κ1) is 9.34. The van der Waals surface area contributed by atoms with Gasteiger partial charge < -0.3 is 0 Å². The van der Waals surface area contributed by atoms with Gasteiger partial charge in [-0.25, -0.2) is 0 Å². The molecule has 0 saturated heterocycles. The Balaban J connectivity index is 4.57. The molecule has 0 saturated carbocycles. The summed E-state index contributed by atoms with van der Waals surface area (Å²) >= 11 is 0.262. The summed E-state index contributed by atoms with van der Waals surface area (Å²) in [7, 11) is -5.32. The van der Waals surface area contributed by atoms with Gasteiger partial charge in [0.15, 0.2) is 0 Å². The summed E-state index contributed by atoms with van der Waals surface area (Å²) in [5.74, 6) is 0. The zero-order valence-electron chi connectivity index (χ0n) is 3.62. The van der Waals surface area contributed by atoms with Crippen LogP contribution in [0.25, 0.3) is 0 Å². The van der Waals surface area contributed by atoms with E-state index in [1.807, 2.05) is 0 Å². The Morgan fingerprint density at radius 3 is 1.67 bits per heavy atom. The third kappa shape index (κ3) is 2.20. The van der Waals surface area contributed by atoms with Gasteiger partial charge in [0.1, 0.15) is 0 Å². The van der Waals surface area contributed by atoms with Crippen molar-refractivity contribution in [2.45, 2.75) is 5.51 Å². The molecule has 0 amide bonds. The van der Waals surface area contributed by atoms with Gasteiger partial charge in [0, 0.05) is 0 Å². The van der Waals surface area contributed by atoms with Crippen LogP contribution in [0.4, 0.5) is 13.2 Å². The molecule has 0 atom stereocenters. The summed E-state index contributed by atoms with van der Waals surface area (Å²) in [6.07, 6.45) is 0. The quantitative estimate of drug-likeness (QED) is 0.646. The second-order valence-electron chi connectivity index (χ2n) is 0.959. The fourth-order valence-corrected chi connectivity index (χ4v) is 0.820. The predicted octanol–water partition coefficient (Wildman–Crippen LogP) is 0.314. The van der Waals surface area contributed by atoms with E-state index in [2.05, 4.69) is 2.98 Å². The topological polar surface area (TPSA) is 43.4 Å². The molecule has 0 unspecified atom stereocenters. The van der Waals surface area contributed by atoms with Crippen LogP contribution in [0.3, 0.4) is 0 Å². The molecule has 0 spiro atoms. The average molecular weight is 339 g/mol. The third-order valence-electron chi connectivity index (χ3n) is 0.361. The Bertz CT molecular complexity index is 180. The van der Waals surface area contributed by atoms with E-state index < -0.39 is 15.6 Å². The Kier molecular flexibility index (Phi) is 2.62. The molecule has 57 valence electrons. The van der Waals surface area contributed by atoms with E-state index in [9.17, 15) is 21.6 Å². The Morgan fingerprint density at radius 1 is 1.33 bits per heavy atom. The van der Waals surface area contributed by atoms with Gasteiger partial charge in [-0.1, -0.05) is 0 Å². The number of hydrogen-bond donors (Lipinski definition) is 0. The summed E-state index contributed by atoms with van der Waals surface area (Å²) in [4.78, 5) is 0. The van der Waals surface area contributed by atoms with Crippen LogP contribution >= 0.6 is 0 Å². The van der Waals surface area contributed by atoms with E-state index in [1.165, 1.54) is 0 Å². The van der Waals surface area contributed by atoms with Crippen molar-refractivity contribution in [1.82, 2.24) is 0 Å². The number of alkyl halides is 3. The van der Waals surface area contributed by atoms with Crippen molar-refractivity contribution in [1.29, 1.82) is 0 Å². The van der Waals surface area contributed by atoms with E-state index >= 15 is 0 Å². The maximum absolute atomic E-state index is 11.1. The van der Waals surface area contributed by atoms with Crippen LogP contribution in [-0.2, 0) is 32.1 Å². The van der Waals surface area contributed by atoms with Crippen LogP contribution in [0, 0.1) is 0 Å². The SMILES string of the molecule is O=S(=O)([O][Os])C(F)(F)F. The predicted molar refractivity (Wildman–Crippen MR) is 16.1 cm³/mol. The van der Waals surface area contributed by atoms with Crippen LogP contribution in [-0.4, -0.2) is 13.9 Å². The zero-order chi connectivity index (χ0) is 7.71. The van der Waals surface area contributed by atoms with Crippen molar-refractivity contribution in [2.75, 3.05) is 0 Å². The number of halogens is 3. The van der Waals surface area contributed by atoms with Gasteiger partial charge in [-0.3, -0.25) is 0 Å². The second kappa shape index (κ2) is 2.52. The van der Waals surface area contributed by atoms with E-state index in [0.29, 0.717) is 0 Å². The molecule has 0 N–H and O–H groups in total. The first-order chi connectivity index (χ1) is 3.81. The first-order valence-corrected chi connectivity index (χ1v) is 3.86. The molecule has 0 aliphatic carbocycles. The fraction of sp³-hybridized carbons (Fsp3) is 1.00. The molecule has 0 aromatic rings. The van der Waals surface area contributed by atoms with Gasteiger partial charge >= 0.3 is 59.2 Å². The monoisotopic (exact) mass is 341 g/mol. The van der Waals surface area contributed by atoms with Crippen molar-refractivity contribution >= 4 is 10.1 Å². The van der Waals surface area contributed by atoms with Gasteiger partial charge in [0.25, 0.3) is 0 Å². The van der Waals surface area contributed by atoms with Crippen molar-refractivity contribution in [3.05, 3.63) is 0 Å². The molecular weight excluding hydrogens is 339 g/mol. The molecule has 0 aliphatic rings. The molecule has 9 heavy (non-hydrogen) atoms. The molecule has 0 aliphatic heterocycles. The third-order valence-corrected chi connectivity index (χ3v) is 2.76. The summed E-state index contributed by atoms with van der Waals surface area (Å²) in [6, 6.07) is 0. The minimum absolute atomic E-state index is 0.262. The zero-order valence-corrected chi connectivity index (χ0v) is 6.98. The molecule has 0 fully saturated rings. The fourth-order valence-electron chi connectivity index (χ4n) is 0.0334. The molecule has 0 bridgehead atoms. The number of hydrogen-bond acceptors (Lipinski definition) is 3. The standard InChI is InChI=1S/CHF3O3S.Os/c2-1(3,4)8(5,6)7;/h(H,5,6,7);/q;+1/p-1. The maximum atomic E-state index is 11.1. The van der Waals surface area contributed by atoms with Gasteiger partial charge in [0.2, 0.25) is 0 Å². The first-order valence-electron chi connectivity index (χ1n) is 1.42. The van der Waals surface area contributed by atoms with Gasteiger partial charge in [-0.05, 0) is 0 Å². The Hall–Kier alpha value is 0.336. The van der Waals surface area contributed by atoms with Crippen LogP contribution < -0.4 is 0 Å². The normalized spacial score (nSPS) is 13.8. The minimum atomic E-state index is -5.32. The van der Waals surface area contributed by atoms with E-state index in [-0.39, 0.29) is 19.0 Å². The van der Waals surface area contributed by atoms with Gasteiger partial charge in [-0.2, -0.15) is 0 Å². The second-order valence-corrected chi connectivity index (χ2v) is 3.72. The van der Waals surface area contributed by atoms with Gasteiger partial charge in [-0.15, -0.1) is 0 Å². The summed E-state index contributed by atoms with van der Waals surface area (Å²) in [5.41, 5.74) is -5.30. The van der Waals surface area contributed by atoms with E-state index in [4.69, 9.17) is 0 Å². The van der Waals surface area contributed by atoms with Crippen LogP contribution in [0.2, 0.25) is 0 Å². The molecular formula is CF3O3OsS. The summed E-state index contributed by atoms with van der Waals surface area (Å²) in [5, 5.41) is 0. The molecule has 0 radical (unpaired) electrons. The summed E-state index contributed by atoms with van der Waals surface area (Å²) in [6.45, 7) is 0. The Labute approximate surface area is 59.6 Å². The molecule has 0 aromatic heterocycles. The van der Waals surface area contributed by atoms with Crippen LogP contribution in [0.15, 0.2) is 0 Å². The summed E-state index contributed by atoms with van der Waals surface area (Å²) < 4.78 is 55.9. The van der Waals surface area contributed by atoms with Crippen molar-refractivity contribution in [2.24, 2.45) is 0 Å². The van der Waals surface area contributed by atoms with Crippen molar-refractivity contribution < 1.29 is 43.5 Å². The molecule has 3 nitrogen and oxygen atoms in total. The molecule has 8 heteroatoms. The van der Waals surface area contributed by atoms with Crippen LogP contribution in [0.1, 0.15) is 0 Å². The average Bonchev–Trinajstić information content (AvgIpc) is 1.64.